The molecule has 0 N–H and O–H groups in total. The number of halogens is 2. The lowest BCUT2D eigenvalue weighted by molar-refractivity contribution is 0.589. The predicted molar refractivity (Wildman–Crippen MR) is 444 cm³/mol. The van der Waals surface area contributed by atoms with E-state index < -0.39 is 11.6 Å². The van der Waals surface area contributed by atoms with Crippen LogP contribution in [-0.4, -0.2) is 68.9 Å². The van der Waals surface area contributed by atoms with Gasteiger partial charge < -0.3 is 9.13 Å². The van der Waals surface area contributed by atoms with Crippen LogP contribution in [0.4, 0.5) is 8.78 Å². The summed E-state index contributed by atoms with van der Waals surface area (Å²) in [6.07, 6.45) is 0. The highest BCUT2D eigenvalue weighted by Gasteiger charge is 2.29. The molecule has 0 aliphatic carbocycles. The molecule has 0 atom stereocenters. The third-order valence-electron chi connectivity index (χ3n) is 20.3. The average molecular weight is 1470 g/mol. The second-order valence-corrected chi connectivity index (χ2v) is 27.3. The molecule has 6 aromatic heterocycles. The fourth-order valence-corrected chi connectivity index (χ4v) is 14.9. The van der Waals surface area contributed by atoms with E-state index in [1.165, 1.54) is 18.2 Å². The van der Waals surface area contributed by atoms with Crippen LogP contribution in [0.3, 0.4) is 0 Å². The minimum atomic E-state index is -0.842. The van der Waals surface area contributed by atoms with Gasteiger partial charge in [0.25, 0.3) is 0 Å². The minimum absolute atomic E-state index is 0.133. The first-order chi connectivity index (χ1) is 56.2. The van der Waals surface area contributed by atoms with Gasteiger partial charge in [0.15, 0.2) is 69.9 Å². The molecule has 17 heteroatoms. The predicted octanol–water partition coefficient (Wildman–Crippen LogP) is 22.4. The smallest absolute Gasteiger partial charge is 0.164 e. The zero-order chi connectivity index (χ0) is 76.2. The van der Waals surface area contributed by atoms with Crippen molar-refractivity contribution in [1.82, 2.24) is 68.9 Å². The monoisotopic (exact) mass is 1470 g/mol. The van der Waals surface area contributed by atoms with Crippen LogP contribution >= 0.6 is 0 Å². The molecule has 0 fully saturated rings. The number of rotatable bonds is 15. The van der Waals surface area contributed by atoms with Gasteiger partial charge in [-0.2, -0.15) is 5.26 Å². The van der Waals surface area contributed by atoms with Crippen LogP contribution in [0.25, 0.3) is 203 Å². The summed E-state index contributed by atoms with van der Waals surface area (Å²) < 4.78 is 40.0. The van der Waals surface area contributed by atoms with Gasteiger partial charge in [-0.25, -0.2) is 68.6 Å². The molecule has 0 radical (unpaired) electrons. The van der Waals surface area contributed by atoms with Gasteiger partial charge in [-0.1, -0.05) is 249 Å². The Morgan fingerprint density at radius 1 is 0.202 bits per heavy atom. The molecule has 6 heterocycles. The van der Waals surface area contributed by atoms with Crippen molar-refractivity contribution in [1.29, 1.82) is 5.26 Å². The van der Waals surface area contributed by atoms with Crippen LogP contribution in [0.15, 0.2) is 346 Å². The molecule has 0 bridgehead atoms. The third kappa shape index (κ3) is 12.5. The van der Waals surface area contributed by atoms with Crippen molar-refractivity contribution < 1.29 is 8.78 Å². The van der Waals surface area contributed by atoms with E-state index in [2.05, 4.69) is 6.07 Å². The van der Waals surface area contributed by atoms with Crippen LogP contribution in [0, 0.1) is 23.0 Å². The van der Waals surface area contributed by atoms with Crippen molar-refractivity contribution in [2.45, 2.75) is 0 Å². The Bertz CT molecular complexity index is 6160. The molecular formula is C97H57F2N15. The minimum Gasteiger partial charge on any atom is -0.308 e. The van der Waals surface area contributed by atoms with Gasteiger partial charge >= 0.3 is 0 Å². The summed E-state index contributed by atoms with van der Waals surface area (Å²) >= 11 is 0. The highest BCUT2D eigenvalue weighted by atomic mass is 19.1. The second kappa shape index (κ2) is 28.6. The largest absolute Gasteiger partial charge is 0.308 e. The van der Waals surface area contributed by atoms with Crippen molar-refractivity contribution in [2.24, 2.45) is 0 Å². The van der Waals surface area contributed by atoms with Crippen molar-refractivity contribution in [2.75, 3.05) is 0 Å². The van der Waals surface area contributed by atoms with E-state index in [1.807, 2.05) is 325 Å². The topological polar surface area (TPSA) is 188 Å². The number of aromatic nitrogens is 14. The number of hydrogen-bond acceptors (Lipinski definition) is 13. The first-order valence-corrected chi connectivity index (χ1v) is 36.9. The Labute approximate surface area is 651 Å². The Kier molecular flexibility index (Phi) is 16.9. The molecule has 114 heavy (non-hydrogen) atoms. The quantitative estimate of drug-likeness (QED) is 0.0944. The fraction of sp³-hybridized carbons (Fsp3) is 0. The zero-order valence-electron chi connectivity index (χ0n) is 60.4. The number of fused-ring (bicyclic) bond motifs is 6. The fourth-order valence-electron chi connectivity index (χ4n) is 14.9. The van der Waals surface area contributed by atoms with Crippen LogP contribution in [-0.2, 0) is 0 Å². The number of hydrogen-bond donors (Lipinski definition) is 0. The summed E-state index contributed by atoms with van der Waals surface area (Å²) in [5, 5.41) is 14.5. The summed E-state index contributed by atoms with van der Waals surface area (Å²) in [4.78, 5) is 61.7. The van der Waals surface area contributed by atoms with Crippen LogP contribution in [0.2, 0.25) is 0 Å². The van der Waals surface area contributed by atoms with E-state index in [4.69, 9.17) is 59.8 Å². The van der Waals surface area contributed by atoms with Gasteiger partial charge in [-0.15, -0.1) is 0 Å². The van der Waals surface area contributed by atoms with Crippen LogP contribution < -0.4 is 0 Å². The average Bonchev–Trinajstić information content (AvgIpc) is 1.56. The lowest BCUT2D eigenvalue weighted by Gasteiger charge is -2.21. The normalized spacial score (nSPS) is 11.4. The summed E-state index contributed by atoms with van der Waals surface area (Å²) in [6.45, 7) is 0. The van der Waals surface area contributed by atoms with Gasteiger partial charge in [0.05, 0.1) is 50.6 Å². The van der Waals surface area contributed by atoms with Crippen LogP contribution in [0.5, 0.6) is 0 Å². The lowest BCUT2D eigenvalue weighted by Crippen LogP contribution is -2.07. The highest BCUT2D eigenvalue weighted by molar-refractivity contribution is 6.14. The molecule has 20 aromatic rings. The number of benzene rings is 14. The Hall–Kier alpha value is -15.9. The molecule has 0 saturated carbocycles. The third-order valence-corrected chi connectivity index (χ3v) is 20.3. The number of nitriles is 1. The summed E-state index contributed by atoms with van der Waals surface area (Å²) in [6, 6.07) is 112. The Morgan fingerprint density at radius 2 is 0.395 bits per heavy atom. The molecule has 0 aliphatic heterocycles. The molecule has 534 valence electrons. The van der Waals surface area contributed by atoms with Gasteiger partial charge in [-0.05, 0) is 97.1 Å². The number of nitrogens with zero attached hydrogens (tertiary/aromatic N) is 15. The van der Waals surface area contributed by atoms with Gasteiger partial charge in [-0.3, -0.25) is 0 Å². The van der Waals surface area contributed by atoms with E-state index in [-0.39, 0.29) is 28.1 Å². The molecule has 0 unspecified atom stereocenters. The highest BCUT2D eigenvalue weighted by Crippen LogP contribution is 2.47. The van der Waals surface area contributed by atoms with Crippen molar-refractivity contribution >= 4 is 43.6 Å². The summed E-state index contributed by atoms with van der Waals surface area (Å²) in [7, 11) is 0. The van der Waals surface area contributed by atoms with E-state index in [9.17, 15) is 5.26 Å². The molecule has 0 aliphatic rings. The van der Waals surface area contributed by atoms with E-state index in [1.54, 1.807) is 12.1 Å². The first-order valence-electron chi connectivity index (χ1n) is 36.9. The van der Waals surface area contributed by atoms with Crippen molar-refractivity contribution in [3.8, 4) is 165 Å². The van der Waals surface area contributed by atoms with Gasteiger partial charge in [0, 0.05) is 93.9 Å². The maximum atomic E-state index is 18.0. The Morgan fingerprint density at radius 3 is 0.588 bits per heavy atom. The molecular weight excluding hydrogens is 1410 g/mol. The van der Waals surface area contributed by atoms with E-state index in [0.717, 1.165) is 44.5 Å². The van der Waals surface area contributed by atoms with Crippen molar-refractivity contribution in [3.05, 3.63) is 363 Å². The SMILES string of the molecule is N#Cc1cc(-n2c3ccc(-c4nc(-c5ccccc5)nc(-c5ccccc5)n4)cc3c3cc(-c4nc(-c5ccccc5)nc(-c5ccccc5)n4)ccc32)c(-c2c(F)cccc2F)c(-n2c3ccc(-c4nc(-c5ccccc5)nc(-c5ccccc5)n4)cc3c3cc(-c4nc(-c5ccccc5)nc(-c5ccccc5)n4)ccc32)c1. The van der Waals surface area contributed by atoms with Crippen molar-refractivity contribution in [3.63, 3.8) is 0 Å². The molecule has 20 rings (SSSR count). The maximum absolute atomic E-state index is 18.0. The molecule has 14 aromatic carbocycles. The second-order valence-electron chi connectivity index (χ2n) is 27.3. The molecule has 0 saturated heterocycles. The standard InChI is InChI=1S/C97H57F2N15/c98-76-42-25-43-77(99)84(76)85-82(113-78-48-44-68(94-105-86(60-26-9-1-10-27-60)101-87(106-94)61-28-11-2-12-29-61)54-72(78)73-55-69(45-49-79(73)113)95-107-88(62-30-13-3-14-31-62)102-89(108-95)63-32-15-4-16-33-63)52-59(58-100)53-83(85)114-80-50-46-70(96-109-90(64-34-17-5-18-35-64)103-91(110-96)65-36-19-6-20-37-65)56-74(80)75-57-71(47-51-81(75)114)97-111-92(66-38-21-7-22-39-66)104-93(112-97)67-40-23-8-24-41-67/h1-57H. The van der Waals surface area contributed by atoms with Crippen LogP contribution in [0.1, 0.15) is 5.56 Å². The first kappa shape index (κ1) is 67.4. The zero-order valence-corrected chi connectivity index (χ0v) is 60.4. The summed E-state index contributed by atoms with van der Waals surface area (Å²) in [5.41, 5.74) is 11.9. The van der Waals surface area contributed by atoms with Gasteiger partial charge in [0.1, 0.15) is 11.6 Å². The molecule has 0 spiro atoms. The van der Waals surface area contributed by atoms with E-state index in [0.29, 0.717) is 136 Å². The molecule has 15 nitrogen and oxygen atoms in total. The summed E-state index contributed by atoms with van der Waals surface area (Å²) in [5.74, 6) is 3.66. The Balaban J connectivity index is 0.866. The molecule has 0 amide bonds. The van der Waals surface area contributed by atoms with E-state index >= 15 is 8.78 Å². The van der Waals surface area contributed by atoms with Gasteiger partial charge in [0.2, 0.25) is 0 Å². The maximum Gasteiger partial charge on any atom is 0.164 e. The lowest BCUT2D eigenvalue weighted by atomic mass is 9.97.